The molecule has 2 saturated carbocycles. The van der Waals surface area contributed by atoms with E-state index in [1.807, 2.05) is 28.8 Å². The molecule has 9 heteroatoms. The van der Waals surface area contributed by atoms with Crippen LogP contribution in [0.25, 0.3) is 16.9 Å². The fourth-order valence-electron chi connectivity index (χ4n) is 8.25. The van der Waals surface area contributed by atoms with Crippen LogP contribution in [0, 0.1) is 11.8 Å². The van der Waals surface area contributed by atoms with Crippen LogP contribution >= 0.6 is 0 Å². The maximum atomic E-state index is 13.9. The minimum atomic E-state index is -0.757. The molecule has 0 unspecified atom stereocenters. The van der Waals surface area contributed by atoms with Crippen LogP contribution in [0.4, 0.5) is 0 Å². The summed E-state index contributed by atoms with van der Waals surface area (Å²) in [6, 6.07) is 9.32. The molecular weight excluding hydrogens is 468 g/mol. The highest BCUT2D eigenvalue weighted by atomic mass is 16.2. The number of aromatic nitrogens is 5. The summed E-state index contributed by atoms with van der Waals surface area (Å²) >= 11 is 0. The first kappa shape index (κ1) is 23.1. The Morgan fingerprint density at radius 3 is 2.19 bits per heavy atom. The number of para-hydroxylation sites is 2. The van der Waals surface area contributed by atoms with Crippen molar-refractivity contribution >= 4 is 11.0 Å². The van der Waals surface area contributed by atoms with Crippen molar-refractivity contribution in [2.24, 2.45) is 11.8 Å². The highest BCUT2D eigenvalue weighted by Gasteiger charge is 2.47. The molecule has 9 nitrogen and oxygen atoms in total. The van der Waals surface area contributed by atoms with Gasteiger partial charge in [-0.25, -0.2) is 9.78 Å². The summed E-state index contributed by atoms with van der Waals surface area (Å²) in [7, 11) is 0. The largest absolute Gasteiger partial charge is 0.351 e. The third kappa shape index (κ3) is 3.98. The molecular formula is C28H34N6O3. The molecule has 2 aliphatic carbocycles. The third-order valence-electron chi connectivity index (χ3n) is 9.60. The quantitative estimate of drug-likeness (QED) is 0.590. The second-order valence-electron chi connectivity index (χ2n) is 11.8. The number of H-pyrrole nitrogens is 1. The molecule has 1 N–H and O–H groups in total. The van der Waals surface area contributed by atoms with Gasteiger partial charge in [0.2, 0.25) is 5.82 Å². The van der Waals surface area contributed by atoms with Crippen molar-refractivity contribution in [3.63, 3.8) is 0 Å². The fraction of sp³-hybridized carbons (Fsp3) is 0.607. The van der Waals surface area contributed by atoms with E-state index >= 15 is 0 Å². The van der Waals surface area contributed by atoms with Crippen molar-refractivity contribution in [3.8, 4) is 5.82 Å². The molecule has 2 aromatic heterocycles. The van der Waals surface area contributed by atoms with Gasteiger partial charge in [-0.05, 0) is 68.9 Å². The second-order valence-corrected chi connectivity index (χ2v) is 11.8. The van der Waals surface area contributed by atoms with Gasteiger partial charge >= 0.3 is 5.69 Å². The molecule has 2 saturated heterocycles. The van der Waals surface area contributed by atoms with Crippen molar-refractivity contribution in [1.82, 2.24) is 29.2 Å². The molecule has 3 aromatic rings. The van der Waals surface area contributed by atoms with Gasteiger partial charge in [-0.1, -0.05) is 37.8 Å². The van der Waals surface area contributed by atoms with Crippen LogP contribution in [0.5, 0.6) is 0 Å². The van der Waals surface area contributed by atoms with Gasteiger partial charge in [-0.3, -0.25) is 19.5 Å². The molecule has 37 heavy (non-hydrogen) atoms. The lowest BCUT2D eigenvalue weighted by Gasteiger charge is -2.48. The Balaban J connectivity index is 1.25. The van der Waals surface area contributed by atoms with E-state index in [2.05, 4.69) is 20.0 Å². The van der Waals surface area contributed by atoms with Crippen molar-refractivity contribution in [1.29, 1.82) is 0 Å². The summed E-state index contributed by atoms with van der Waals surface area (Å²) in [6.45, 7) is 0. The molecule has 6 atom stereocenters. The molecule has 1 aromatic carbocycles. The van der Waals surface area contributed by atoms with Crippen LogP contribution in [0.3, 0.4) is 0 Å². The summed E-state index contributed by atoms with van der Waals surface area (Å²) in [4.78, 5) is 47.5. The van der Waals surface area contributed by atoms with E-state index in [0.29, 0.717) is 23.6 Å². The van der Waals surface area contributed by atoms with Gasteiger partial charge in [0.25, 0.3) is 11.1 Å². The number of aromatic amines is 1. The molecule has 0 radical (unpaired) electrons. The maximum absolute atomic E-state index is 13.9. The van der Waals surface area contributed by atoms with Crippen LogP contribution in [-0.4, -0.2) is 47.3 Å². The molecule has 0 spiro atoms. The smallest absolute Gasteiger partial charge is 0.300 e. The van der Waals surface area contributed by atoms with E-state index in [9.17, 15) is 14.4 Å². The topological polar surface area (TPSA) is 106 Å². The molecule has 4 aliphatic rings. The van der Waals surface area contributed by atoms with Crippen LogP contribution < -0.4 is 16.8 Å². The van der Waals surface area contributed by atoms with Crippen molar-refractivity contribution in [3.05, 3.63) is 61.7 Å². The van der Waals surface area contributed by atoms with Crippen molar-refractivity contribution in [2.75, 3.05) is 0 Å². The first-order chi connectivity index (χ1) is 18.0. The molecule has 4 bridgehead atoms. The number of rotatable bonds is 3. The van der Waals surface area contributed by atoms with Crippen molar-refractivity contribution < 1.29 is 0 Å². The second kappa shape index (κ2) is 9.04. The lowest BCUT2D eigenvalue weighted by molar-refractivity contribution is 0.0204. The van der Waals surface area contributed by atoms with Gasteiger partial charge in [0.05, 0.1) is 11.0 Å². The minimum absolute atomic E-state index is 0.0391. The lowest BCUT2D eigenvalue weighted by Crippen LogP contribution is -2.52. The van der Waals surface area contributed by atoms with E-state index in [1.165, 1.54) is 57.8 Å². The summed E-state index contributed by atoms with van der Waals surface area (Å²) in [5.41, 5.74) is -0.262. The molecule has 2 aliphatic heterocycles. The molecule has 7 rings (SSSR count). The predicted octanol–water partition coefficient (Wildman–Crippen LogP) is 3.16. The zero-order valence-corrected chi connectivity index (χ0v) is 21.1. The maximum Gasteiger partial charge on any atom is 0.351 e. The molecule has 0 amide bonds. The Bertz CT molecular complexity index is 1480. The number of hydrogen-bond donors (Lipinski definition) is 1. The van der Waals surface area contributed by atoms with E-state index in [4.69, 9.17) is 0 Å². The average Bonchev–Trinajstić information content (AvgIpc) is 3.04. The first-order valence-corrected chi connectivity index (χ1v) is 14.0. The van der Waals surface area contributed by atoms with Gasteiger partial charge in [0, 0.05) is 24.2 Å². The standard InChI is InChI=1S/C28H34N6O3/c35-25-16-29-34(28(37)31-25)26-27(36)33(24-8-4-3-7-23(24)30-26)22-14-19-9-10-20(15-22)32(19)21-12-17-5-1-2-6-18(11-17)13-21/h3-4,7-8,16-22H,1-2,5-6,9-15H2,(H,31,35,37)/t17-,18+,19-,20+,21-,22+. The van der Waals surface area contributed by atoms with Crippen molar-refractivity contribution in [2.45, 2.75) is 94.8 Å². The Morgan fingerprint density at radius 1 is 0.784 bits per heavy atom. The highest BCUT2D eigenvalue weighted by Crippen LogP contribution is 2.47. The molecule has 4 fully saturated rings. The number of fused-ring (bicyclic) bond motifs is 5. The van der Waals surface area contributed by atoms with Gasteiger partial charge in [0.15, 0.2) is 0 Å². The van der Waals surface area contributed by atoms with Crippen LogP contribution in [0.1, 0.15) is 76.7 Å². The lowest BCUT2D eigenvalue weighted by atomic mass is 9.76. The summed E-state index contributed by atoms with van der Waals surface area (Å²) < 4.78 is 2.78. The number of nitrogens with one attached hydrogen (secondary N) is 1. The summed E-state index contributed by atoms with van der Waals surface area (Å²) in [5.74, 6) is 1.72. The van der Waals surface area contributed by atoms with Crippen LogP contribution in [0.15, 0.2) is 44.8 Å². The Morgan fingerprint density at radius 2 is 1.49 bits per heavy atom. The molecule has 194 valence electrons. The van der Waals surface area contributed by atoms with E-state index in [1.54, 1.807) is 0 Å². The number of hydrogen-bond acceptors (Lipinski definition) is 6. The van der Waals surface area contributed by atoms with E-state index < -0.39 is 11.2 Å². The highest BCUT2D eigenvalue weighted by molar-refractivity contribution is 5.75. The Hall–Kier alpha value is -3.07. The summed E-state index contributed by atoms with van der Waals surface area (Å²) in [5, 5.41) is 3.93. The van der Waals surface area contributed by atoms with E-state index in [0.717, 1.165) is 41.1 Å². The Labute approximate surface area is 214 Å². The summed E-state index contributed by atoms with van der Waals surface area (Å²) in [6.07, 6.45) is 15.0. The number of piperidine rings is 1. The Kier molecular flexibility index (Phi) is 5.64. The van der Waals surface area contributed by atoms with Gasteiger partial charge in [0.1, 0.15) is 6.20 Å². The number of nitrogens with zero attached hydrogens (tertiary/aromatic N) is 5. The first-order valence-electron chi connectivity index (χ1n) is 14.0. The zero-order chi connectivity index (χ0) is 25.1. The minimum Gasteiger partial charge on any atom is -0.300 e. The third-order valence-corrected chi connectivity index (χ3v) is 9.60. The predicted molar refractivity (Wildman–Crippen MR) is 140 cm³/mol. The van der Waals surface area contributed by atoms with Crippen LogP contribution in [-0.2, 0) is 0 Å². The van der Waals surface area contributed by atoms with Gasteiger partial charge < -0.3 is 4.57 Å². The SMILES string of the molecule is O=c1cnn(-c2nc3ccccc3n([C@H]3C[C@H]4CC[C@@H](C3)N4[C@@H]3C[C@@H]4CCCC[C@@H](C4)C3)c2=O)c(=O)[nH]1. The van der Waals surface area contributed by atoms with Crippen LogP contribution in [0.2, 0.25) is 0 Å². The average molecular weight is 503 g/mol. The normalized spacial score (nSPS) is 31.9. The monoisotopic (exact) mass is 502 g/mol. The fourth-order valence-corrected chi connectivity index (χ4v) is 8.25. The zero-order valence-electron chi connectivity index (χ0n) is 21.1. The van der Waals surface area contributed by atoms with Gasteiger partial charge in [-0.2, -0.15) is 9.78 Å². The number of benzene rings is 1. The molecule has 4 heterocycles. The van der Waals surface area contributed by atoms with Gasteiger partial charge in [-0.15, -0.1) is 0 Å². The van der Waals surface area contributed by atoms with E-state index in [-0.39, 0.29) is 17.4 Å².